The SMILES string of the molecule is CCOC(=O)c1nnn(Cc2ccc(OC)cc2)c1Sc1csc(-c2ccc(Cl)c(OC(C)C)c2)n1. The van der Waals surface area contributed by atoms with Crippen LogP contribution in [0.3, 0.4) is 0 Å². The molecule has 0 saturated carbocycles. The minimum Gasteiger partial charge on any atom is -0.497 e. The molecule has 2 aromatic heterocycles. The van der Waals surface area contributed by atoms with Crippen LogP contribution < -0.4 is 9.47 Å². The van der Waals surface area contributed by atoms with Crippen LogP contribution in [0.2, 0.25) is 5.02 Å². The van der Waals surface area contributed by atoms with Gasteiger partial charge in [0.15, 0.2) is 0 Å². The summed E-state index contributed by atoms with van der Waals surface area (Å²) in [6.45, 7) is 6.31. The number of thiazole rings is 1. The van der Waals surface area contributed by atoms with Gasteiger partial charge in [-0.15, -0.1) is 16.4 Å². The van der Waals surface area contributed by atoms with E-state index in [0.717, 1.165) is 21.9 Å². The molecule has 0 bridgehead atoms. The van der Waals surface area contributed by atoms with E-state index in [1.54, 1.807) is 24.8 Å². The lowest BCUT2D eigenvalue weighted by atomic mass is 10.2. The predicted molar refractivity (Wildman–Crippen MR) is 141 cm³/mol. The van der Waals surface area contributed by atoms with Gasteiger partial charge >= 0.3 is 5.97 Å². The molecule has 0 amide bonds. The molecule has 0 fully saturated rings. The van der Waals surface area contributed by atoms with Crippen LogP contribution in [0.25, 0.3) is 10.6 Å². The van der Waals surface area contributed by atoms with E-state index in [2.05, 4.69) is 10.3 Å². The molecule has 4 aromatic rings. The summed E-state index contributed by atoms with van der Waals surface area (Å²) in [5.41, 5.74) is 2.03. The van der Waals surface area contributed by atoms with Crippen LogP contribution in [-0.2, 0) is 11.3 Å². The highest BCUT2D eigenvalue weighted by atomic mass is 35.5. The smallest absolute Gasteiger partial charge is 0.361 e. The highest BCUT2D eigenvalue weighted by molar-refractivity contribution is 7.99. The third-order valence-electron chi connectivity index (χ3n) is 4.88. The van der Waals surface area contributed by atoms with Gasteiger partial charge in [-0.05, 0) is 62.4 Å². The first kappa shape index (κ1) is 26.0. The maximum atomic E-state index is 12.6. The summed E-state index contributed by atoms with van der Waals surface area (Å²) >= 11 is 9.09. The molecule has 2 aromatic carbocycles. The number of benzene rings is 2. The van der Waals surface area contributed by atoms with E-state index in [0.29, 0.717) is 27.4 Å². The minimum atomic E-state index is -0.524. The number of ether oxygens (including phenoxy) is 3. The molecule has 0 saturated heterocycles. The van der Waals surface area contributed by atoms with Crippen LogP contribution in [0.5, 0.6) is 11.5 Å². The normalized spacial score (nSPS) is 11.1. The molecule has 0 aliphatic rings. The standard InChI is InChI=1S/C25H25ClN4O4S2/c1-5-33-25(31)22-24(30(29-28-22)13-16-6-9-18(32-4)10-7-16)36-21-14-35-23(27-21)17-8-11-19(26)20(12-17)34-15(2)3/h6-12,14-15H,5,13H2,1-4H3. The van der Waals surface area contributed by atoms with E-state index in [1.807, 2.05) is 55.6 Å². The molecule has 0 radical (unpaired) electrons. The van der Waals surface area contributed by atoms with Crippen LogP contribution in [0.4, 0.5) is 0 Å². The van der Waals surface area contributed by atoms with Gasteiger partial charge in [0.2, 0.25) is 5.69 Å². The van der Waals surface area contributed by atoms with E-state index < -0.39 is 5.97 Å². The maximum absolute atomic E-state index is 12.6. The third kappa shape index (κ3) is 6.18. The Morgan fingerprint density at radius 3 is 2.67 bits per heavy atom. The molecule has 0 unspecified atom stereocenters. The van der Waals surface area contributed by atoms with Crippen LogP contribution >= 0.6 is 34.7 Å². The van der Waals surface area contributed by atoms with E-state index in [4.69, 9.17) is 30.8 Å². The van der Waals surface area contributed by atoms with Crippen LogP contribution in [0.1, 0.15) is 36.8 Å². The Labute approximate surface area is 222 Å². The number of hydrogen-bond acceptors (Lipinski definition) is 9. The zero-order chi connectivity index (χ0) is 25.7. The van der Waals surface area contributed by atoms with Crippen molar-refractivity contribution in [1.29, 1.82) is 0 Å². The number of carbonyl (C=O) groups excluding carboxylic acids is 1. The number of methoxy groups -OCH3 is 1. The minimum absolute atomic E-state index is 0.0000485. The van der Waals surface area contributed by atoms with Gasteiger partial charge < -0.3 is 14.2 Å². The molecular formula is C25H25ClN4O4S2. The zero-order valence-corrected chi connectivity index (χ0v) is 22.6. The number of esters is 1. The largest absolute Gasteiger partial charge is 0.497 e. The lowest BCUT2D eigenvalue weighted by Gasteiger charge is -2.12. The van der Waals surface area contributed by atoms with Gasteiger partial charge in [-0.2, -0.15) is 0 Å². The fourth-order valence-corrected chi connectivity index (χ4v) is 5.26. The molecule has 4 rings (SSSR count). The van der Waals surface area contributed by atoms with Crippen molar-refractivity contribution in [3.8, 4) is 22.1 Å². The molecule has 0 aliphatic carbocycles. The number of halogens is 1. The lowest BCUT2D eigenvalue weighted by molar-refractivity contribution is 0.0515. The van der Waals surface area contributed by atoms with Crippen molar-refractivity contribution in [3.63, 3.8) is 0 Å². The van der Waals surface area contributed by atoms with Crippen molar-refractivity contribution in [2.24, 2.45) is 0 Å². The first-order valence-corrected chi connectivity index (χ1v) is 13.3. The molecule has 8 nitrogen and oxygen atoms in total. The second-order valence-corrected chi connectivity index (χ2v) is 10.1. The van der Waals surface area contributed by atoms with Crippen molar-refractivity contribution in [2.45, 2.75) is 43.5 Å². The summed E-state index contributed by atoms with van der Waals surface area (Å²) in [4.78, 5) is 17.3. The van der Waals surface area contributed by atoms with E-state index in [-0.39, 0.29) is 18.4 Å². The second-order valence-electron chi connectivity index (χ2n) is 7.87. The van der Waals surface area contributed by atoms with E-state index >= 15 is 0 Å². The molecule has 0 aliphatic heterocycles. The lowest BCUT2D eigenvalue weighted by Crippen LogP contribution is -2.08. The Kier molecular flexibility index (Phi) is 8.50. The third-order valence-corrected chi connectivity index (χ3v) is 7.24. The Bertz CT molecular complexity index is 1340. The quantitative estimate of drug-likeness (QED) is 0.217. The average molecular weight is 545 g/mol. The van der Waals surface area contributed by atoms with E-state index in [1.165, 1.54) is 23.1 Å². The first-order chi connectivity index (χ1) is 17.4. The van der Waals surface area contributed by atoms with Gasteiger partial charge in [0.25, 0.3) is 0 Å². The summed E-state index contributed by atoms with van der Waals surface area (Å²) in [6, 6.07) is 13.2. The molecular weight excluding hydrogens is 520 g/mol. The van der Waals surface area contributed by atoms with Gasteiger partial charge in [-0.1, -0.05) is 35.0 Å². The number of carbonyl (C=O) groups is 1. The topological polar surface area (TPSA) is 88.4 Å². The molecule has 36 heavy (non-hydrogen) atoms. The molecule has 188 valence electrons. The first-order valence-electron chi connectivity index (χ1n) is 11.2. The Morgan fingerprint density at radius 2 is 1.97 bits per heavy atom. The monoisotopic (exact) mass is 544 g/mol. The Balaban J connectivity index is 1.62. The number of rotatable bonds is 10. The fraction of sp³-hybridized carbons (Fsp3) is 0.280. The van der Waals surface area contributed by atoms with Gasteiger partial charge in [0, 0.05) is 10.9 Å². The second kappa shape index (κ2) is 11.8. The van der Waals surface area contributed by atoms with Gasteiger partial charge in [0.1, 0.15) is 26.6 Å². The molecule has 0 spiro atoms. The number of hydrogen-bond donors (Lipinski definition) is 0. The molecule has 2 heterocycles. The van der Waals surface area contributed by atoms with Gasteiger partial charge in [-0.25, -0.2) is 14.5 Å². The van der Waals surface area contributed by atoms with Crippen LogP contribution in [0, 0.1) is 0 Å². The van der Waals surface area contributed by atoms with Crippen molar-refractivity contribution in [2.75, 3.05) is 13.7 Å². The van der Waals surface area contributed by atoms with Crippen molar-refractivity contribution in [3.05, 3.63) is 64.1 Å². The molecule has 0 atom stereocenters. The molecule has 11 heteroatoms. The number of aromatic nitrogens is 4. The average Bonchev–Trinajstić information content (AvgIpc) is 3.49. The van der Waals surface area contributed by atoms with Crippen molar-refractivity contribution < 1.29 is 19.0 Å². The van der Waals surface area contributed by atoms with Crippen molar-refractivity contribution >= 4 is 40.7 Å². The van der Waals surface area contributed by atoms with Crippen LogP contribution in [-0.4, -0.2) is 45.8 Å². The summed E-state index contributed by atoms with van der Waals surface area (Å²) in [5, 5.41) is 12.9. The fourth-order valence-electron chi connectivity index (χ4n) is 3.26. The summed E-state index contributed by atoms with van der Waals surface area (Å²) in [5.74, 6) is 0.850. The number of nitrogens with zero attached hydrogens (tertiary/aromatic N) is 4. The maximum Gasteiger partial charge on any atom is 0.361 e. The highest BCUT2D eigenvalue weighted by Crippen LogP contribution is 2.37. The summed E-state index contributed by atoms with van der Waals surface area (Å²) < 4.78 is 17.9. The van der Waals surface area contributed by atoms with Gasteiger partial charge in [0.05, 0.1) is 31.4 Å². The summed E-state index contributed by atoms with van der Waals surface area (Å²) in [7, 11) is 1.62. The zero-order valence-electron chi connectivity index (χ0n) is 20.2. The van der Waals surface area contributed by atoms with Crippen LogP contribution in [0.15, 0.2) is 57.9 Å². The Morgan fingerprint density at radius 1 is 1.19 bits per heavy atom. The molecule has 0 N–H and O–H groups in total. The Hall–Kier alpha value is -3.08. The van der Waals surface area contributed by atoms with Crippen molar-refractivity contribution in [1.82, 2.24) is 20.0 Å². The summed E-state index contributed by atoms with van der Waals surface area (Å²) in [6.07, 6.45) is -0.0000485. The van der Waals surface area contributed by atoms with Gasteiger partial charge in [-0.3, -0.25) is 0 Å². The van der Waals surface area contributed by atoms with E-state index in [9.17, 15) is 4.79 Å². The predicted octanol–water partition coefficient (Wildman–Crippen LogP) is 6.23. The highest BCUT2D eigenvalue weighted by Gasteiger charge is 2.23.